The quantitative estimate of drug-likeness (QED) is 0.0229. The van der Waals surface area contributed by atoms with E-state index < -0.39 is 220 Å². The van der Waals surface area contributed by atoms with Crippen LogP contribution < -0.4 is 66.7 Å². The van der Waals surface area contributed by atoms with E-state index in [0.29, 0.717) is 19.4 Å². The summed E-state index contributed by atoms with van der Waals surface area (Å²) < 4.78 is 49.7. The van der Waals surface area contributed by atoms with E-state index in [1.807, 2.05) is 0 Å². The summed E-state index contributed by atoms with van der Waals surface area (Å²) in [7, 11) is 2.93. The van der Waals surface area contributed by atoms with Crippen molar-refractivity contribution in [1.82, 2.24) is 26.6 Å². The van der Waals surface area contributed by atoms with E-state index in [1.54, 1.807) is 6.92 Å². The maximum absolute atomic E-state index is 12.6. The van der Waals surface area contributed by atoms with Crippen molar-refractivity contribution >= 4 is 23.8 Å². The van der Waals surface area contributed by atoms with Crippen molar-refractivity contribution in [3.63, 3.8) is 0 Å². The molecule has 4 heterocycles. The lowest BCUT2D eigenvalue weighted by molar-refractivity contribution is -0.316. The van der Waals surface area contributed by atoms with Gasteiger partial charge in [0, 0.05) is 19.0 Å². The maximum Gasteiger partial charge on any atom is 0.187 e. The molecule has 6 fully saturated rings. The van der Waals surface area contributed by atoms with Crippen LogP contribution in [0, 0.1) is 11.3 Å². The van der Waals surface area contributed by atoms with E-state index in [2.05, 4.69) is 41.6 Å². The number of ether oxygens (including phenoxy) is 8. The lowest BCUT2D eigenvalue weighted by atomic mass is 9.81. The van der Waals surface area contributed by atoms with Crippen molar-refractivity contribution in [3.8, 4) is 0 Å². The highest BCUT2D eigenvalue weighted by atomic mass is 16.8. The Morgan fingerprint density at radius 1 is 0.518 bits per heavy atom. The van der Waals surface area contributed by atoms with Crippen LogP contribution in [0.2, 0.25) is 0 Å². The van der Waals surface area contributed by atoms with Gasteiger partial charge in [0.1, 0.15) is 121 Å². The number of guanidine groups is 4. The Kier molecular flexibility index (Phi) is 24.4. The van der Waals surface area contributed by atoms with E-state index in [-0.39, 0.29) is 19.6 Å². The number of hydrogen-bond acceptors (Lipinski definition) is 29. The minimum Gasteiger partial charge on any atom is -0.394 e. The minimum absolute atomic E-state index is 0.169. The highest BCUT2D eigenvalue weighted by molar-refractivity contribution is 5.77. The summed E-state index contributed by atoms with van der Waals surface area (Å²) in [5.41, 5.74) is 37.2. The summed E-state index contributed by atoms with van der Waals surface area (Å²) in [5.74, 6) is -2.85. The van der Waals surface area contributed by atoms with Crippen LogP contribution in [-0.2, 0) is 37.9 Å². The Hall–Kier alpha value is -3.92. The predicted molar refractivity (Wildman–Crippen MR) is 286 cm³/mol. The van der Waals surface area contributed by atoms with Crippen LogP contribution in [-0.4, -0.2) is 321 Å². The monoisotopic (exact) mass is 1200 g/mol. The second-order valence-corrected chi connectivity index (χ2v) is 21.7. The molecule has 480 valence electrons. The fraction of sp³-hybridized carbons (Fsp3) is 0.913. The summed E-state index contributed by atoms with van der Waals surface area (Å²) in [6.07, 6.45) is -32.4. The average Bonchev–Trinajstić information content (AvgIpc) is 4.12. The van der Waals surface area contributed by atoms with E-state index in [0.717, 1.165) is 0 Å². The largest absolute Gasteiger partial charge is 0.394 e. The first kappa shape index (κ1) is 68.2. The molecule has 6 aliphatic rings. The molecule has 6 rings (SSSR count). The topological polar surface area (TPSA) is 640 Å². The van der Waals surface area contributed by atoms with Gasteiger partial charge in [-0.05, 0) is 53.9 Å². The number of aliphatic imine (C=N–C) groups is 3. The van der Waals surface area contributed by atoms with Gasteiger partial charge in [-0.25, -0.2) is 15.0 Å². The van der Waals surface area contributed by atoms with Gasteiger partial charge in [-0.3, -0.25) is 5.41 Å². The summed E-state index contributed by atoms with van der Waals surface area (Å²) >= 11 is 0. The molecule has 37 nitrogen and oxygen atoms in total. The molecule has 0 aromatic rings. The fourth-order valence-electron chi connectivity index (χ4n) is 11.5. The van der Waals surface area contributed by atoms with Crippen LogP contribution in [0.4, 0.5) is 0 Å². The third kappa shape index (κ3) is 15.3. The Balaban J connectivity index is 1.16. The van der Waals surface area contributed by atoms with Gasteiger partial charge in [-0.2, -0.15) is 0 Å². The number of rotatable bonds is 25. The van der Waals surface area contributed by atoms with E-state index in [4.69, 9.17) is 83.4 Å². The molecular weight excluding hydrogens is 1110 g/mol. The van der Waals surface area contributed by atoms with Crippen molar-refractivity contribution in [3.05, 3.63) is 0 Å². The van der Waals surface area contributed by atoms with Crippen LogP contribution in [0.15, 0.2) is 15.0 Å². The first-order chi connectivity index (χ1) is 39.1. The smallest absolute Gasteiger partial charge is 0.187 e. The third-order valence-electron chi connectivity index (χ3n) is 16.1. The second-order valence-electron chi connectivity index (χ2n) is 21.7. The van der Waals surface area contributed by atoms with Gasteiger partial charge in [-0.15, -0.1) is 0 Å². The van der Waals surface area contributed by atoms with Crippen molar-refractivity contribution in [2.75, 3.05) is 53.5 Å². The molecule has 0 spiro atoms. The average molecular weight is 1200 g/mol. The van der Waals surface area contributed by atoms with Crippen LogP contribution in [0.3, 0.4) is 0 Å². The molecule has 0 bridgehead atoms. The highest BCUT2D eigenvalue weighted by Crippen LogP contribution is 2.41. The Labute approximate surface area is 477 Å². The number of nitrogens with one attached hydrogen (secondary N) is 6. The molecule has 83 heavy (non-hydrogen) atoms. The first-order valence-corrected chi connectivity index (χ1v) is 27.3. The zero-order chi connectivity index (χ0) is 61.5. The zero-order valence-electron chi connectivity index (χ0n) is 46.4. The first-order valence-electron chi connectivity index (χ1n) is 27.3. The third-order valence-corrected chi connectivity index (χ3v) is 16.1. The molecule has 2 aliphatic carbocycles. The van der Waals surface area contributed by atoms with Gasteiger partial charge in [0.25, 0.3) is 0 Å². The van der Waals surface area contributed by atoms with E-state index in [9.17, 15) is 66.4 Å². The number of aliphatic hydroxyl groups excluding tert-OH is 12. The molecular formula is C46H90N16O21. The van der Waals surface area contributed by atoms with Gasteiger partial charge in [-0.1, -0.05) is 0 Å². The van der Waals surface area contributed by atoms with Gasteiger partial charge < -0.3 is 171 Å². The molecule has 37 heteroatoms. The number of aliphatic hydroxyl groups is 13. The van der Waals surface area contributed by atoms with Crippen molar-refractivity contribution in [2.45, 2.75) is 204 Å². The molecule has 0 amide bonds. The van der Waals surface area contributed by atoms with Crippen LogP contribution in [0.1, 0.15) is 26.7 Å². The van der Waals surface area contributed by atoms with Crippen molar-refractivity contribution < 1.29 is 104 Å². The zero-order valence-corrected chi connectivity index (χ0v) is 46.4. The van der Waals surface area contributed by atoms with Gasteiger partial charge in [0.05, 0.1) is 43.5 Å². The molecule has 0 aromatic heterocycles. The summed E-state index contributed by atoms with van der Waals surface area (Å²) in [4.78, 5) is 11.7. The predicted octanol–water partition coefficient (Wildman–Crippen LogP) is -14.7. The molecule has 12 unspecified atom stereocenters. The summed E-state index contributed by atoms with van der Waals surface area (Å²) in [6, 6.07) is -8.20. The number of unbranched alkanes of at least 4 members (excludes halogenated alkanes) is 1. The molecule has 0 radical (unpaired) electrons. The molecule has 4 aliphatic heterocycles. The Morgan fingerprint density at radius 2 is 0.988 bits per heavy atom. The fourth-order valence-corrected chi connectivity index (χ4v) is 11.5. The lowest BCUT2D eigenvalue weighted by Gasteiger charge is -2.46. The van der Waals surface area contributed by atoms with E-state index in [1.165, 1.54) is 21.0 Å². The summed E-state index contributed by atoms with van der Waals surface area (Å²) in [5, 5.41) is 167. The number of nitrogens with zero attached hydrogens (tertiary/aromatic N) is 3. The SMILES string of the molecule is CNC1[C@H](OC2[C@H](O[C@@H]3C(O)[C@@H](O)C(N=C(N)N)C(O)[C@@H]3NC(=N)N)O[C@@H](C)[C@H]2CNCCCCNC[C@@]2(O)C(O[C@@H]3OC(CO)[C@H](O)[C@H](O)C3NC)[C@H](O[C@@H]3C(O)[C@@H](O)C(N=C(N)N)C(O)[C@@H]3N=C(N)N)O[C@H]2C)OC(CO)[C@H](O)[C@@H]1O. The number of hydrogen-bond donors (Lipinski definition) is 26. The number of nitrogens with two attached hydrogens (primary N) is 7. The summed E-state index contributed by atoms with van der Waals surface area (Å²) in [6.45, 7) is 2.31. The Morgan fingerprint density at radius 3 is 1.49 bits per heavy atom. The molecule has 4 saturated heterocycles. The normalized spacial score (nSPS) is 45.6. The van der Waals surface area contributed by atoms with Crippen LogP contribution >= 0.6 is 0 Å². The minimum atomic E-state index is -2.05. The maximum atomic E-state index is 12.6. The Bertz CT molecular complexity index is 2150. The molecule has 0 aromatic carbocycles. The number of likely N-dealkylation sites (N-methyl/N-ethyl adjacent to an activating group) is 2. The van der Waals surface area contributed by atoms with Crippen molar-refractivity contribution in [2.24, 2.45) is 61.0 Å². The van der Waals surface area contributed by atoms with E-state index >= 15 is 0 Å². The molecule has 33 N–H and O–H groups in total. The van der Waals surface area contributed by atoms with Gasteiger partial charge in [0.2, 0.25) is 0 Å². The highest BCUT2D eigenvalue weighted by Gasteiger charge is 2.61. The van der Waals surface area contributed by atoms with Crippen LogP contribution in [0.25, 0.3) is 0 Å². The molecule has 2 saturated carbocycles. The van der Waals surface area contributed by atoms with Gasteiger partial charge in [0.15, 0.2) is 49.0 Å². The lowest BCUT2D eigenvalue weighted by Crippen LogP contribution is -2.70. The molecule has 30 atom stereocenters. The van der Waals surface area contributed by atoms with Gasteiger partial charge >= 0.3 is 0 Å². The van der Waals surface area contributed by atoms with Crippen LogP contribution in [0.5, 0.6) is 0 Å². The van der Waals surface area contributed by atoms with Crippen molar-refractivity contribution in [1.29, 1.82) is 5.41 Å². The second kappa shape index (κ2) is 29.7. The standard InChI is InChI=1S/C46H90N16O21/c1-13-15(34(80-38-22(55-3)30(71)24(65)16(10-63)78-38)40(76-13)81-35-20(61-44(51)52)26(67)18(59-42(47)48)28(69)32(35)73)9-57-7-5-6-8-58-12-46(75)14(2)77-41(37(46)83-39-23(56-4)31(72)25(66)17(11-64)79-39)82-36-21(62-45(53)54)27(68)19(60-43(49)50)29(70)33(36)74/h13-41,55-58,63-75H,5-12H2,1-4H3,(H4,47,48,59)(H4,49,50,60)(H4,51,52,61)(H4,53,54,62)/t13-,14-,15+,16?,17?,18?,19?,20-,21-,22?,23?,24-,25-,26?,27?,28-,29-,30+,31+,32?,33?,34?,35-,36-,37?,38-,39-,40-,41-,46-/m0/s1.